The number of carboxylic acids is 1. The number of aromatic nitrogens is 1. The molecule has 5 nitrogen and oxygen atoms in total. The van der Waals surface area contributed by atoms with Gasteiger partial charge < -0.3 is 14.6 Å². The molecule has 104 valence electrons. The fraction of sp³-hybridized carbons (Fsp3) is 0.231. The molecule has 0 unspecified atom stereocenters. The Morgan fingerprint density at radius 2 is 2.15 bits per heavy atom. The van der Waals surface area contributed by atoms with Gasteiger partial charge in [-0.2, -0.15) is 0 Å². The Labute approximate surface area is 123 Å². The maximum Gasteiger partial charge on any atom is 0.365 e. The fourth-order valence-corrected chi connectivity index (χ4v) is 3.32. The van der Waals surface area contributed by atoms with Gasteiger partial charge in [-0.3, -0.25) is 0 Å². The maximum absolute atomic E-state index is 10.8. The standard InChI is InChI=1S/C13H11NO4S2/c15-13(16)12-14-8(7-20-12)6-19-9-1-2-10-11(5-9)18-4-3-17-10/h1-2,5,7H,3-4,6H2,(H,15,16). The number of carboxylic acid groups (broad SMARTS) is 1. The molecular formula is C13H11NO4S2. The van der Waals surface area contributed by atoms with Crippen LogP contribution in [-0.2, 0) is 5.75 Å². The van der Waals surface area contributed by atoms with Crippen molar-refractivity contribution in [2.24, 2.45) is 0 Å². The van der Waals surface area contributed by atoms with E-state index in [-0.39, 0.29) is 5.01 Å². The molecule has 2 aromatic rings. The second kappa shape index (κ2) is 5.72. The summed E-state index contributed by atoms with van der Waals surface area (Å²) in [6, 6.07) is 5.78. The van der Waals surface area contributed by atoms with Crippen LogP contribution < -0.4 is 9.47 Å². The van der Waals surface area contributed by atoms with Crippen molar-refractivity contribution >= 4 is 29.1 Å². The molecule has 2 heterocycles. The van der Waals surface area contributed by atoms with Gasteiger partial charge in [-0.05, 0) is 18.2 Å². The molecule has 1 aromatic heterocycles. The first kappa shape index (κ1) is 13.3. The number of carbonyl (C=O) groups is 1. The zero-order chi connectivity index (χ0) is 13.9. The third kappa shape index (κ3) is 2.88. The molecule has 0 saturated carbocycles. The molecule has 0 bridgehead atoms. The number of nitrogens with zero attached hydrogens (tertiary/aromatic N) is 1. The molecule has 0 atom stereocenters. The molecular weight excluding hydrogens is 298 g/mol. The SMILES string of the molecule is O=C(O)c1nc(CSc2ccc3c(c2)OCCO3)cs1. The van der Waals surface area contributed by atoms with E-state index in [0.29, 0.717) is 19.0 Å². The van der Waals surface area contributed by atoms with Crippen LogP contribution in [0.15, 0.2) is 28.5 Å². The van der Waals surface area contributed by atoms with Crippen LogP contribution in [0.3, 0.4) is 0 Å². The van der Waals surface area contributed by atoms with E-state index in [1.54, 1.807) is 17.1 Å². The zero-order valence-electron chi connectivity index (χ0n) is 10.4. The van der Waals surface area contributed by atoms with Crippen LogP contribution in [0.1, 0.15) is 15.5 Å². The highest BCUT2D eigenvalue weighted by atomic mass is 32.2. The van der Waals surface area contributed by atoms with Gasteiger partial charge in [0.1, 0.15) is 13.2 Å². The van der Waals surface area contributed by atoms with Gasteiger partial charge in [0.15, 0.2) is 11.5 Å². The monoisotopic (exact) mass is 309 g/mol. The Kier molecular flexibility index (Phi) is 3.79. The van der Waals surface area contributed by atoms with E-state index in [2.05, 4.69) is 4.98 Å². The summed E-state index contributed by atoms with van der Waals surface area (Å²) in [7, 11) is 0. The van der Waals surface area contributed by atoms with E-state index in [9.17, 15) is 4.79 Å². The summed E-state index contributed by atoms with van der Waals surface area (Å²) in [5, 5.41) is 10.7. The Morgan fingerprint density at radius 3 is 2.90 bits per heavy atom. The van der Waals surface area contributed by atoms with Crippen molar-refractivity contribution < 1.29 is 19.4 Å². The number of thioether (sulfide) groups is 1. The van der Waals surface area contributed by atoms with Crippen LogP contribution >= 0.6 is 23.1 Å². The van der Waals surface area contributed by atoms with Gasteiger partial charge in [0.05, 0.1) is 5.69 Å². The number of ether oxygens (including phenoxy) is 2. The second-order valence-electron chi connectivity index (χ2n) is 4.04. The van der Waals surface area contributed by atoms with Crippen molar-refractivity contribution in [2.45, 2.75) is 10.6 Å². The number of aromatic carboxylic acids is 1. The van der Waals surface area contributed by atoms with Crippen molar-refractivity contribution in [3.63, 3.8) is 0 Å². The highest BCUT2D eigenvalue weighted by Gasteiger charge is 2.13. The molecule has 0 radical (unpaired) electrons. The number of thiazole rings is 1. The van der Waals surface area contributed by atoms with E-state index >= 15 is 0 Å². The van der Waals surface area contributed by atoms with Crippen LogP contribution in [0.4, 0.5) is 0 Å². The van der Waals surface area contributed by atoms with Crippen LogP contribution in [0.5, 0.6) is 11.5 Å². The summed E-state index contributed by atoms with van der Waals surface area (Å²) in [5.74, 6) is 1.17. The molecule has 7 heteroatoms. The second-order valence-corrected chi connectivity index (χ2v) is 5.95. The minimum absolute atomic E-state index is 0.128. The lowest BCUT2D eigenvalue weighted by molar-refractivity contribution is 0.0696. The van der Waals surface area contributed by atoms with Gasteiger partial charge >= 0.3 is 5.97 Å². The zero-order valence-corrected chi connectivity index (χ0v) is 12.0. The summed E-state index contributed by atoms with van der Waals surface area (Å²) < 4.78 is 11.0. The summed E-state index contributed by atoms with van der Waals surface area (Å²) in [4.78, 5) is 15.9. The molecule has 3 rings (SSSR count). The number of rotatable bonds is 4. The molecule has 1 aliphatic rings. The quantitative estimate of drug-likeness (QED) is 0.876. The molecule has 20 heavy (non-hydrogen) atoms. The lowest BCUT2D eigenvalue weighted by atomic mass is 10.3. The van der Waals surface area contributed by atoms with E-state index in [0.717, 1.165) is 33.4 Å². The Morgan fingerprint density at radius 1 is 1.35 bits per heavy atom. The summed E-state index contributed by atoms with van der Waals surface area (Å²) in [6.07, 6.45) is 0. The van der Waals surface area contributed by atoms with Gasteiger partial charge in [0, 0.05) is 16.0 Å². The van der Waals surface area contributed by atoms with Gasteiger partial charge in [-0.1, -0.05) is 0 Å². The van der Waals surface area contributed by atoms with Crippen LogP contribution in [0, 0.1) is 0 Å². The Balaban J connectivity index is 1.67. The average molecular weight is 309 g/mol. The van der Waals surface area contributed by atoms with Crippen molar-refractivity contribution in [1.82, 2.24) is 4.98 Å². The van der Waals surface area contributed by atoms with Crippen molar-refractivity contribution in [2.75, 3.05) is 13.2 Å². The number of benzene rings is 1. The number of fused-ring (bicyclic) bond motifs is 1. The molecule has 1 aromatic carbocycles. The average Bonchev–Trinajstić information content (AvgIpc) is 2.94. The highest BCUT2D eigenvalue weighted by molar-refractivity contribution is 7.98. The minimum atomic E-state index is -0.981. The largest absolute Gasteiger partial charge is 0.486 e. The van der Waals surface area contributed by atoms with E-state index < -0.39 is 5.97 Å². The highest BCUT2D eigenvalue weighted by Crippen LogP contribution is 2.35. The van der Waals surface area contributed by atoms with Crippen molar-refractivity contribution in [3.8, 4) is 11.5 Å². The predicted octanol–water partition coefficient (Wildman–Crippen LogP) is 2.90. The lowest BCUT2D eigenvalue weighted by Gasteiger charge is -2.18. The first-order valence-electron chi connectivity index (χ1n) is 5.92. The van der Waals surface area contributed by atoms with Gasteiger partial charge in [-0.25, -0.2) is 9.78 Å². The minimum Gasteiger partial charge on any atom is -0.486 e. The fourth-order valence-electron chi connectivity index (χ4n) is 1.74. The predicted molar refractivity (Wildman–Crippen MR) is 76.1 cm³/mol. The molecule has 0 amide bonds. The maximum atomic E-state index is 10.8. The Bertz CT molecular complexity index is 641. The van der Waals surface area contributed by atoms with Crippen molar-refractivity contribution in [1.29, 1.82) is 0 Å². The van der Waals surface area contributed by atoms with E-state index in [1.165, 1.54) is 0 Å². The Hall–Kier alpha value is -1.73. The van der Waals surface area contributed by atoms with Crippen LogP contribution in [-0.4, -0.2) is 29.3 Å². The first-order valence-corrected chi connectivity index (χ1v) is 7.79. The van der Waals surface area contributed by atoms with Gasteiger partial charge in [0.25, 0.3) is 0 Å². The third-order valence-electron chi connectivity index (χ3n) is 2.64. The smallest absolute Gasteiger partial charge is 0.365 e. The van der Waals surface area contributed by atoms with E-state index in [1.807, 2.05) is 18.2 Å². The summed E-state index contributed by atoms with van der Waals surface area (Å²) in [6.45, 7) is 1.14. The normalized spacial score (nSPS) is 13.2. The topological polar surface area (TPSA) is 68.7 Å². The van der Waals surface area contributed by atoms with Gasteiger partial charge in [-0.15, -0.1) is 23.1 Å². The van der Waals surface area contributed by atoms with Crippen molar-refractivity contribution in [3.05, 3.63) is 34.3 Å². The molecule has 1 aliphatic heterocycles. The third-order valence-corrected chi connectivity index (χ3v) is 4.54. The number of hydrogen-bond acceptors (Lipinski definition) is 6. The summed E-state index contributed by atoms with van der Waals surface area (Å²) in [5.41, 5.74) is 0.771. The van der Waals surface area contributed by atoms with Crippen LogP contribution in [0.2, 0.25) is 0 Å². The first-order chi connectivity index (χ1) is 9.72. The summed E-state index contributed by atoms with van der Waals surface area (Å²) >= 11 is 2.73. The lowest BCUT2D eigenvalue weighted by Crippen LogP contribution is -2.15. The molecule has 1 N–H and O–H groups in total. The molecule has 0 fully saturated rings. The molecule has 0 saturated heterocycles. The molecule has 0 spiro atoms. The van der Waals surface area contributed by atoms with Gasteiger partial charge in [0.2, 0.25) is 5.01 Å². The van der Waals surface area contributed by atoms with E-state index in [4.69, 9.17) is 14.6 Å². The van der Waals surface area contributed by atoms with Crippen LogP contribution in [0.25, 0.3) is 0 Å². The number of hydrogen-bond donors (Lipinski definition) is 1. The molecule has 0 aliphatic carbocycles.